The Kier molecular flexibility index (Phi) is 2.77. The first-order valence-corrected chi connectivity index (χ1v) is 6.25. The largest absolute Gasteiger partial charge is 0.368 e. The number of nitrogens with zero attached hydrogens (tertiary/aromatic N) is 7. The van der Waals surface area contributed by atoms with Crippen molar-refractivity contribution in [1.29, 1.82) is 0 Å². The third-order valence-corrected chi connectivity index (χ3v) is 3.52. The van der Waals surface area contributed by atoms with Gasteiger partial charge in [0, 0.05) is 13.1 Å². The molecular formula is C11H16N8. The van der Waals surface area contributed by atoms with E-state index in [2.05, 4.69) is 43.8 Å². The van der Waals surface area contributed by atoms with Crippen LogP contribution in [0, 0.1) is 11.8 Å². The molecule has 1 aliphatic rings. The van der Waals surface area contributed by atoms with E-state index in [0.717, 1.165) is 13.1 Å². The van der Waals surface area contributed by atoms with Crippen molar-refractivity contribution >= 4 is 11.9 Å². The van der Waals surface area contributed by atoms with Crippen molar-refractivity contribution in [2.24, 2.45) is 11.8 Å². The predicted octanol–water partition coefficient (Wildman–Crippen LogP) is 0.127. The molecule has 0 bridgehead atoms. The summed E-state index contributed by atoms with van der Waals surface area (Å²) in [6.07, 6.45) is 2.97. The molecule has 0 aromatic carbocycles. The molecule has 0 aliphatic carbocycles. The lowest BCUT2D eigenvalue weighted by Crippen LogP contribution is -2.24. The highest BCUT2D eigenvalue weighted by Gasteiger charge is 2.28. The fourth-order valence-corrected chi connectivity index (χ4v) is 2.22. The van der Waals surface area contributed by atoms with Gasteiger partial charge in [0.1, 0.15) is 12.7 Å². The molecule has 2 aromatic heterocycles. The molecule has 2 N–H and O–H groups in total. The molecule has 0 amide bonds. The van der Waals surface area contributed by atoms with Gasteiger partial charge in [-0.3, -0.25) is 0 Å². The van der Waals surface area contributed by atoms with Crippen LogP contribution >= 0.6 is 0 Å². The van der Waals surface area contributed by atoms with Crippen LogP contribution in [0.3, 0.4) is 0 Å². The monoisotopic (exact) mass is 260 g/mol. The summed E-state index contributed by atoms with van der Waals surface area (Å²) in [5.41, 5.74) is 5.75. The second-order valence-electron chi connectivity index (χ2n) is 4.99. The third kappa shape index (κ3) is 2.20. The van der Waals surface area contributed by atoms with E-state index < -0.39 is 0 Å². The van der Waals surface area contributed by atoms with Gasteiger partial charge in [0.05, 0.1) is 0 Å². The summed E-state index contributed by atoms with van der Waals surface area (Å²) in [6.45, 7) is 6.32. The summed E-state index contributed by atoms with van der Waals surface area (Å²) >= 11 is 0. The number of anilines is 2. The maximum Gasteiger partial charge on any atom is 0.258 e. The Labute approximate surface area is 110 Å². The molecule has 0 radical (unpaired) electrons. The summed E-state index contributed by atoms with van der Waals surface area (Å²) in [5.74, 6) is 2.43. The van der Waals surface area contributed by atoms with Gasteiger partial charge in [-0.2, -0.15) is 24.7 Å². The molecule has 1 fully saturated rings. The van der Waals surface area contributed by atoms with Gasteiger partial charge in [0.2, 0.25) is 11.9 Å². The lowest BCUT2D eigenvalue weighted by Gasteiger charge is -2.16. The fraction of sp³-hybridized carbons (Fsp3) is 0.545. The van der Waals surface area contributed by atoms with Crippen molar-refractivity contribution in [1.82, 2.24) is 29.7 Å². The summed E-state index contributed by atoms with van der Waals surface area (Å²) in [5, 5.41) is 4.00. The van der Waals surface area contributed by atoms with Crippen LogP contribution in [-0.2, 0) is 0 Å². The highest BCUT2D eigenvalue weighted by molar-refractivity contribution is 5.38. The number of hydrogen-bond acceptors (Lipinski definition) is 7. The minimum atomic E-state index is 0.197. The molecule has 8 heteroatoms. The Morgan fingerprint density at radius 2 is 1.79 bits per heavy atom. The first-order valence-electron chi connectivity index (χ1n) is 6.25. The van der Waals surface area contributed by atoms with Crippen LogP contribution in [0.1, 0.15) is 13.8 Å². The molecule has 1 aliphatic heterocycles. The molecule has 3 heterocycles. The van der Waals surface area contributed by atoms with Crippen LogP contribution < -0.4 is 10.6 Å². The quantitative estimate of drug-likeness (QED) is 0.819. The van der Waals surface area contributed by atoms with E-state index in [4.69, 9.17) is 5.73 Å². The van der Waals surface area contributed by atoms with Gasteiger partial charge in [0.15, 0.2) is 0 Å². The molecule has 2 aromatic rings. The average molecular weight is 260 g/mol. The van der Waals surface area contributed by atoms with Gasteiger partial charge in [-0.25, -0.2) is 4.98 Å². The van der Waals surface area contributed by atoms with E-state index in [1.165, 1.54) is 17.3 Å². The highest BCUT2D eigenvalue weighted by Crippen LogP contribution is 2.25. The number of rotatable bonds is 2. The van der Waals surface area contributed by atoms with Gasteiger partial charge in [-0.05, 0) is 11.8 Å². The zero-order chi connectivity index (χ0) is 13.4. The summed E-state index contributed by atoms with van der Waals surface area (Å²) in [6, 6.07) is 0. The Morgan fingerprint density at radius 1 is 1.11 bits per heavy atom. The number of nitrogens with two attached hydrogens (primary N) is 1. The molecule has 3 rings (SSSR count). The van der Waals surface area contributed by atoms with Crippen LogP contribution in [-0.4, -0.2) is 42.8 Å². The Hall–Kier alpha value is -2.25. The van der Waals surface area contributed by atoms with Crippen molar-refractivity contribution in [3.8, 4) is 5.95 Å². The molecular weight excluding hydrogens is 244 g/mol. The molecule has 100 valence electrons. The average Bonchev–Trinajstić information content (AvgIpc) is 3.00. The lowest BCUT2D eigenvalue weighted by atomic mass is 10.0. The maximum absolute atomic E-state index is 5.75. The topological polar surface area (TPSA) is 98.6 Å². The zero-order valence-electron chi connectivity index (χ0n) is 10.9. The second-order valence-corrected chi connectivity index (χ2v) is 4.99. The third-order valence-electron chi connectivity index (χ3n) is 3.52. The minimum absolute atomic E-state index is 0.197. The zero-order valence-corrected chi connectivity index (χ0v) is 10.9. The van der Waals surface area contributed by atoms with Crippen molar-refractivity contribution in [3.63, 3.8) is 0 Å². The molecule has 0 saturated carbocycles. The molecule has 2 unspecified atom stereocenters. The standard InChI is InChI=1S/C11H16N8/c1-7-3-18(4-8(7)2)10-15-9(12)16-11(17-10)19-6-13-5-14-19/h5-8H,3-4H2,1-2H3,(H2,12,15,16,17). The molecule has 2 atom stereocenters. The predicted molar refractivity (Wildman–Crippen MR) is 69.7 cm³/mol. The van der Waals surface area contributed by atoms with Crippen molar-refractivity contribution in [2.75, 3.05) is 23.7 Å². The van der Waals surface area contributed by atoms with E-state index in [1.807, 2.05) is 0 Å². The number of aromatic nitrogens is 6. The smallest absolute Gasteiger partial charge is 0.258 e. The van der Waals surface area contributed by atoms with E-state index in [1.54, 1.807) is 0 Å². The second kappa shape index (κ2) is 4.45. The molecule has 8 nitrogen and oxygen atoms in total. The lowest BCUT2D eigenvalue weighted by molar-refractivity contribution is 0.494. The minimum Gasteiger partial charge on any atom is -0.368 e. The van der Waals surface area contributed by atoms with Gasteiger partial charge in [0.25, 0.3) is 5.95 Å². The van der Waals surface area contributed by atoms with Crippen molar-refractivity contribution < 1.29 is 0 Å². The van der Waals surface area contributed by atoms with E-state index in [9.17, 15) is 0 Å². The van der Waals surface area contributed by atoms with Crippen molar-refractivity contribution in [2.45, 2.75) is 13.8 Å². The first kappa shape index (κ1) is 11.8. The van der Waals surface area contributed by atoms with Gasteiger partial charge in [-0.1, -0.05) is 13.8 Å². The van der Waals surface area contributed by atoms with Crippen LogP contribution in [0.5, 0.6) is 0 Å². The first-order chi connectivity index (χ1) is 9.13. The normalized spacial score (nSPS) is 22.9. The SMILES string of the molecule is CC1CN(c2nc(N)nc(-n3cncn3)n2)CC1C. The Morgan fingerprint density at radius 3 is 2.42 bits per heavy atom. The van der Waals surface area contributed by atoms with Gasteiger partial charge < -0.3 is 10.6 Å². The molecule has 19 heavy (non-hydrogen) atoms. The Balaban J connectivity index is 1.95. The van der Waals surface area contributed by atoms with Crippen LogP contribution in [0.2, 0.25) is 0 Å². The van der Waals surface area contributed by atoms with E-state index in [0.29, 0.717) is 23.7 Å². The summed E-state index contributed by atoms with van der Waals surface area (Å²) < 4.78 is 1.48. The molecule has 0 spiro atoms. The number of hydrogen-bond donors (Lipinski definition) is 1. The summed E-state index contributed by atoms with van der Waals surface area (Å²) in [4.78, 5) is 18.7. The summed E-state index contributed by atoms with van der Waals surface area (Å²) in [7, 11) is 0. The van der Waals surface area contributed by atoms with Crippen molar-refractivity contribution in [3.05, 3.63) is 12.7 Å². The van der Waals surface area contributed by atoms with Gasteiger partial charge >= 0.3 is 0 Å². The van der Waals surface area contributed by atoms with Crippen LogP contribution in [0.4, 0.5) is 11.9 Å². The van der Waals surface area contributed by atoms with E-state index in [-0.39, 0.29) is 5.95 Å². The Bertz CT molecular complexity index is 556. The molecule has 1 saturated heterocycles. The fourth-order valence-electron chi connectivity index (χ4n) is 2.22. The number of nitrogen functional groups attached to an aromatic ring is 1. The van der Waals surface area contributed by atoms with E-state index >= 15 is 0 Å². The van der Waals surface area contributed by atoms with Crippen LogP contribution in [0.25, 0.3) is 5.95 Å². The highest BCUT2D eigenvalue weighted by atomic mass is 15.4. The maximum atomic E-state index is 5.75. The van der Waals surface area contributed by atoms with Gasteiger partial charge in [-0.15, -0.1) is 0 Å². The van der Waals surface area contributed by atoms with Crippen LogP contribution in [0.15, 0.2) is 12.7 Å².